The lowest BCUT2D eigenvalue weighted by molar-refractivity contribution is 0.0321. The summed E-state index contributed by atoms with van der Waals surface area (Å²) < 4.78 is 31.6. The highest BCUT2D eigenvalue weighted by molar-refractivity contribution is 7.89. The molecular formula is C13H28N2O3S. The maximum atomic E-state index is 11.7. The standard InChI is InChI=1S/C13H28N2O3S/c1-12(2)14-9-11-19(16,17)15-8-10-18-13-6-4-3-5-7-13/h12-15H,3-11H2,1-2H3. The number of rotatable bonds is 9. The summed E-state index contributed by atoms with van der Waals surface area (Å²) in [5.74, 6) is 0.120. The first kappa shape index (κ1) is 16.9. The number of hydrogen-bond acceptors (Lipinski definition) is 4. The first-order chi connectivity index (χ1) is 8.99. The van der Waals surface area contributed by atoms with Crippen LogP contribution in [0.25, 0.3) is 0 Å². The molecule has 0 atom stereocenters. The average molecular weight is 292 g/mol. The fraction of sp³-hybridized carbons (Fsp3) is 1.00. The van der Waals surface area contributed by atoms with Gasteiger partial charge in [-0.2, -0.15) is 0 Å². The van der Waals surface area contributed by atoms with E-state index in [2.05, 4.69) is 10.0 Å². The van der Waals surface area contributed by atoms with Crippen LogP contribution in [0, 0.1) is 0 Å². The minimum absolute atomic E-state index is 0.120. The molecular weight excluding hydrogens is 264 g/mol. The van der Waals surface area contributed by atoms with Crippen LogP contribution >= 0.6 is 0 Å². The third-order valence-electron chi connectivity index (χ3n) is 3.25. The molecule has 1 aliphatic rings. The van der Waals surface area contributed by atoms with Crippen molar-refractivity contribution in [2.24, 2.45) is 0 Å². The molecule has 6 heteroatoms. The first-order valence-electron chi connectivity index (χ1n) is 7.32. The van der Waals surface area contributed by atoms with E-state index in [9.17, 15) is 8.42 Å². The topological polar surface area (TPSA) is 67.4 Å². The number of nitrogens with one attached hydrogen (secondary N) is 2. The van der Waals surface area contributed by atoms with E-state index in [1.54, 1.807) is 0 Å². The van der Waals surface area contributed by atoms with Crippen molar-refractivity contribution >= 4 is 10.0 Å². The van der Waals surface area contributed by atoms with Crippen molar-refractivity contribution < 1.29 is 13.2 Å². The van der Waals surface area contributed by atoms with E-state index in [1.807, 2.05) is 13.8 Å². The third-order valence-corrected chi connectivity index (χ3v) is 4.64. The Bertz CT molecular complexity index is 325. The molecule has 5 nitrogen and oxygen atoms in total. The van der Waals surface area contributed by atoms with Crippen LogP contribution in [-0.2, 0) is 14.8 Å². The van der Waals surface area contributed by atoms with Gasteiger partial charge in [-0.15, -0.1) is 0 Å². The zero-order chi connectivity index (χ0) is 14.1. The van der Waals surface area contributed by atoms with Crippen LogP contribution in [-0.4, -0.2) is 46.0 Å². The molecule has 0 saturated heterocycles. The molecule has 0 aromatic rings. The van der Waals surface area contributed by atoms with Crippen LogP contribution in [0.1, 0.15) is 46.0 Å². The quantitative estimate of drug-likeness (QED) is 0.628. The van der Waals surface area contributed by atoms with Gasteiger partial charge in [0.05, 0.1) is 18.5 Å². The predicted octanol–water partition coefficient (Wildman–Crippen LogP) is 1.25. The van der Waals surface area contributed by atoms with Crippen molar-refractivity contribution in [1.82, 2.24) is 10.0 Å². The normalized spacial score (nSPS) is 18.1. The molecule has 19 heavy (non-hydrogen) atoms. The van der Waals surface area contributed by atoms with Gasteiger partial charge < -0.3 is 10.1 Å². The monoisotopic (exact) mass is 292 g/mol. The average Bonchev–Trinajstić information content (AvgIpc) is 2.35. The maximum absolute atomic E-state index is 11.7. The Balaban J connectivity index is 2.06. The predicted molar refractivity (Wildman–Crippen MR) is 77.8 cm³/mol. The van der Waals surface area contributed by atoms with E-state index in [1.165, 1.54) is 19.3 Å². The van der Waals surface area contributed by atoms with Crippen molar-refractivity contribution in [1.29, 1.82) is 0 Å². The Kier molecular flexibility index (Phi) is 7.90. The second-order valence-corrected chi connectivity index (χ2v) is 7.38. The highest BCUT2D eigenvalue weighted by Gasteiger charge is 2.14. The molecule has 114 valence electrons. The molecule has 0 radical (unpaired) electrons. The van der Waals surface area contributed by atoms with Gasteiger partial charge in [-0.05, 0) is 12.8 Å². The van der Waals surface area contributed by atoms with Crippen LogP contribution < -0.4 is 10.0 Å². The smallest absolute Gasteiger partial charge is 0.212 e. The summed E-state index contributed by atoms with van der Waals surface area (Å²) in [4.78, 5) is 0. The molecule has 0 unspecified atom stereocenters. The van der Waals surface area contributed by atoms with Gasteiger partial charge in [-0.25, -0.2) is 13.1 Å². The van der Waals surface area contributed by atoms with Gasteiger partial charge in [0.15, 0.2) is 0 Å². The molecule has 0 aromatic carbocycles. The van der Waals surface area contributed by atoms with E-state index < -0.39 is 10.0 Å². The number of sulfonamides is 1. The SMILES string of the molecule is CC(C)NCCS(=O)(=O)NCCOC1CCCCC1. The highest BCUT2D eigenvalue weighted by Crippen LogP contribution is 2.19. The molecule has 0 aliphatic heterocycles. The number of hydrogen-bond donors (Lipinski definition) is 2. The van der Waals surface area contributed by atoms with Crippen molar-refractivity contribution in [3.8, 4) is 0 Å². The van der Waals surface area contributed by atoms with Crippen molar-refractivity contribution in [2.45, 2.75) is 58.1 Å². The summed E-state index contributed by atoms with van der Waals surface area (Å²) in [5.41, 5.74) is 0. The summed E-state index contributed by atoms with van der Waals surface area (Å²) in [6.45, 7) is 5.33. The Morgan fingerprint density at radius 3 is 2.47 bits per heavy atom. The zero-order valence-corrected chi connectivity index (χ0v) is 13.0. The molecule has 0 bridgehead atoms. The van der Waals surface area contributed by atoms with E-state index in [4.69, 9.17) is 4.74 Å². The lowest BCUT2D eigenvalue weighted by atomic mass is 9.98. The molecule has 2 N–H and O–H groups in total. The highest BCUT2D eigenvalue weighted by atomic mass is 32.2. The second kappa shape index (κ2) is 8.89. The molecule has 0 heterocycles. The molecule has 0 amide bonds. The molecule has 1 rings (SSSR count). The van der Waals surface area contributed by atoms with Crippen LogP contribution in [0.3, 0.4) is 0 Å². The van der Waals surface area contributed by atoms with Crippen LogP contribution in [0.2, 0.25) is 0 Å². The number of ether oxygens (including phenoxy) is 1. The summed E-state index contributed by atoms with van der Waals surface area (Å²) in [6.07, 6.45) is 6.33. The maximum Gasteiger partial charge on any atom is 0.212 e. The van der Waals surface area contributed by atoms with Gasteiger partial charge >= 0.3 is 0 Å². The van der Waals surface area contributed by atoms with E-state index in [0.29, 0.717) is 31.8 Å². The van der Waals surface area contributed by atoms with Crippen molar-refractivity contribution in [3.63, 3.8) is 0 Å². The van der Waals surface area contributed by atoms with E-state index >= 15 is 0 Å². The van der Waals surface area contributed by atoms with Gasteiger partial charge in [-0.3, -0.25) is 0 Å². The Labute approximate surface area is 117 Å². The zero-order valence-electron chi connectivity index (χ0n) is 12.2. The van der Waals surface area contributed by atoms with Crippen LogP contribution in [0.4, 0.5) is 0 Å². The second-order valence-electron chi connectivity index (χ2n) is 5.45. The molecule has 0 spiro atoms. The molecule has 1 aliphatic carbocycles. The molecule has 0 aromatic heterocycles. The van der Waals surface area contributed by atoms with Crippen molar-refractivity contribution in [2.75, 3.05) is 25.4 Å². The third kappa shape index (κ3) is 8.57. The fourth-order valence-corrected chi connectivity index (χ4v) is 3.13. The lowest BCUT2D eigenvalue weighted by Gasteiger charge is -2.22. The van der Waals surface area contributed by atoms with Gasteiger partial charge in [0, 0.05) is 19.1 Å². The Morgan fingerprint density at radius 2 is 1.84 bits per heavy atom. The van der Waals surface area contributed by atoms with Crippen LogP contribution in [0.15, 0.2) is 0 Å². The van der Waals surface area contributed by atoms with Gasteiger partial charge in [0.2, 0.25) is 10.0 Å². The van der Waals surface area contributed by atoms with E-state index in [-0.39, 0.29) is 5.75 Å². The fourth-order valence-electron chi connectivity index (χ4n) is 2.21. The minimum atomic E-state index is -3.17. The summed E-state index contributed by atoms with van der Waals surface area (Å²) >= 11 is 0. The van der Waals surface area contributed by atoms with E-state index in [0.717, 1.165) is 12.8 Å². The molecule has 1 fully saturated rings. The molecule has 1 saturated carbocycles. The van der Waals surface area contributed by atoms with Gasteiger partial charge in [0.25, 0.3) is 0 Å². The Hall–Kier alpha value is -0.170. The summed E-state index contributed by atoms with van der Waals surface area (Å²) in [6, 6.07) is 0.310. The summed E-state index contributed by atoms with van der Waals surface area (Å²) in [7, 11) is -3.17. The minimum Gasteiger partial charge on any atom is -0.377 e. The van der Waals surface area contributed by atoms with Crippen LogP contribution in [0.5, 0.6) is 0 Å². The largest absolute Gasteiger partial charge is 0.377 e. The lowest BCUT2D eigenvalue weighted by Crippen LogP contribution is -2.36. The van der Waals surface area contributed by atoms with Gasteiger partial charge in [-0.1, -0.05) is 33.1 Å². The van der Waals surface area contributed by atoms with Crippen molar-refractivity contribution in [3.05, 3.63) is 0 Å². The first-order valence-corrected chi connectivity index (χ1v) is 8.97. The van der Waals surface area contributed by atoms with Gasteiger partial charge in [0.1, 0.15) is 0 Å². The summed E-state index contributed by atoms with van der Waals surface area (Å²) in [5, 5.41) is 3.09. The Morgan fingerprint density at radius 1 is 1.16 bits per heavy atom.